The highest BCUT2D eigenvalue weighted by molar-refractivity contribution is 5.92. The molecular formula is C20H23N3O4. The molecule has 3 rings (SSSR count). The molecule has 1 atom stereocenters. The van der Waals surface area contributed by atoms with Gasteiger partial charge in [0.1, 0.15) is 11.3 Å². The maximum absolute atomic E-state index is 12.4. The van der Waals surface area contributed by atoms with Gasteiger partial charge in [0.05, 0.1) is 13.2 Å². The first-order chi connectivity index (χ1) is 13.0. The van der Waals surface area contributed by atoms with Gasteiger partial charge in [-0.15, -0.1) is 0 Å². The number of rotatable bonds is 6. The minimum Gasteiger partial charge on any atom is -0.497 e. The van der Waals surface area contributed by atoms with Crippen molar-refractivity contribution in [3.05, 3.63) is 63.1 Å². The van der Waals surface area contributed by atoms with Crippen LogP contribution in [0.1, 0.15) is 52.5 Å². The first kappa shape index (κ1) is 18.7. The molecule has 0 aliphatic heterocycles. The van der Waals surface area contributed by atoms with E-state index in [0.29, 0.717) is 19.3 Å². The van der Waals surface area contributed by atoms with Crippen LogP contribution in [0.3, 0.4) is 0 Å². The van der Waals surface area contributed by atoms with Crippen molar-refractivity contribution in [2.45, 2.75) is 38.1 Å². The largest absolute Gasteiger partial charge is 0.497 e. The van der Waals surface area contributed by atoms with E-state index in [0.717, 1.165) is 35.4 Å². The van der Waals surface area contributed by atoms with Crippen LogP contribution >= 0.6 is 0 Å². The Balaban J connectivity index is 1.69. The van der Waals surface area contributed by atoms with Gasteiger partial charge in [-0.2, -0.15) is 0 Å². The van der Waals surface area contributed by atoms with Crippen LogP contribution in [0, 0.1) is 0 Å². The number of carbonyl (C=O) groups excluding carboxylic acids is 2. The van der Waals surface area contributed by atoms with Crippen LogP contribution in [0.15, 0.2) is 35.1 Å². The molecule has 142 valence electrons. The number of primary amides is 1. The van der Waals surface area contributed by atoms with Crippen molar-refractivity contribution in [3.8, 4) is 5.75 Å². The van der Waals surface area contributed by atoms with Gasteiger partial charge in [0.15, 0.2) is 0 Å². The Bertz CT molecular complexity index is 920. The van der Waals surface area contributed by atoms with Crippen molar-refractivity contribution in [3.63, 3.8) is 0 Å². The number of ether oxygens (including phenoxy) is 1. The highest BCUT2D eigenvalue weighted by atomic mass is 16.5. The summed E-state index contributed by atoms with van der Waals surface area (Å²) < 4.78 is 5.20. The van der Waals surface area contributed by atoms with E-state index >= 15 is 0 Å². The zero-order valence-corrected chi connectivity index (χ0v) is 15.2. The molecule has 1 aromatic carbocycles. The Morgan fingerprint density at radius 2 is 2.15 bits per heavy atom. The number of methoxy groups -OCH3 is 1. The number of pyridine rings is 1. The maximum atomic E-state index is 12.4. The van der Waals surface area contributed by atoms with Gasteiger partial charge in [-0.25, -0.2) is 0 Å². The molecule has 4 N–H and O–H groups in total. The Kier molecular flexibility index (Phi) is 5.59. The third-order valence-electron chi connectivity index (χ3n) is 4.83. The van der Waals surface area contributed by atoms with Crippen LogP contribution in [0.5, 0.6) is 5.75 Å². The molecule has 0 radical (unpaired) electrons. The Morgan fingerprint density at radius 3 is 2.89 bits per heavy atom. The average molecular weight is 369 g/mol. The second-order valence-electron chi connectivity index (χ2n) is 6.67. The van der Waals surface area contributed by atoms with E-state index in [2.05, 4.69) is 10.3 Å². The molecule has 7 nitrogen and oxygen atoms in total. The Hall–Kier alpha value is -3.09. The number of aryl methyl sites for hydroxylation is 2. The minimum atomic E-state index is -0.771. The number of nitrogens with one attached hydrogen (secondary N) is 2. The number of carbonyl (C=O) groups is 2. The molecule has 0 saturated carbocycles. The van der Waals surface area contributed by atoms with E-state index in [1.54, 1.807) is 7.11 Å². The number of hydrogen-bond donors (Lipinski definition) is 3. The zero-order chi connectivity index (χ0) is 19.4. The van der Waals surface area contributed by atoms with Gasteiger partial charge in [-0.3, -0.25) is 14.4 Å². The standard InChI is InChI=1S/C20H23N3O4/c1-27-13-5-2-4-12(10-13)8-9-18(24)22-16-6-3-7-17-14(16)11-15(19(21)25)20(26)23-17/h2,4-5,10-11,16H,3,6-9H2,1H3,(H2,21,25)(H,22,24)(H,23,26). The van der Waals surface area contributed by atoms with E-state index in [4.69, 9.17) is 10.5 Å². The summed E-state index contributed by atoms with van der Waals surface area (Å²) in [4.78, 5) is 38.5. The molecule has 0 spiro atoms. The molecule has 0 fully saturated rings. The van der Waals surface area contributed by atoms with Gasteiger partial charge in [-0.05, 0) is 55.0 Å². The van der Waals surface area contributed by atoms with Crippen LogP contribution in [0.25, 0.3) is 0 Å². The van der Waals surface area contributed by atoms with Crippen molar-refractivity contribution in [1.82, 2.24) is 10.3 Å². The van der Waals surface area contributed by atoms with Crippen LogP contribution < -0.4 is 21.3 Å². The summed E-state index contributed by atoms with van der Waals surface area (Å²) in [6.07, 6.45) is 3.24. The minimum absolute atomic E-state index is 0.0775. The van der Waals surface area contributed by atoms with E-state index in [9.17, 15) is 14.4 Å². The summed E-state index contributed by atoms with van der Waals surface area (Å²) in [7, 11) is 1.61. The third-order valence-corrected chi connectivity index (χ3v) is 4.83. The number of H-pyrrole nitrogens is 1. The van der Waals surface area contributed by atoms with Crippen LogP contribution in [0.4, 0.5) is 0 Å². The van der Waals surface area contributed by atoms with Crippen molar-refractivity contribution in [2.24, 2.45) is 5.73 Å². The van der Waals surface area contributed by atoms with E-state index in [1.807, 2.05) is 24.3 Å². The highest BCUT2D eigenvalue weighted by Crippen LogP contribution is 2.28. The number of aromatic amines is 1. The number of amides is 2. The lowest BCUT2D eigenvalue weighted by atomic mass is 9.90. The highest BCUT2D eigenvalue weighted by Gasteiger charge is 2.24. The SMILES string of the molecule is COc1cccc(CCC(=O)NC2CCCc3[nH]c(=O)c(C(N)=O)cc32)c1. The lowest BCUT2D eigenvalue weighted by Gasteiger charge is -2.26. The lowest BCUT2D eigenvalue weighted by molar-refractivity contribution is -0.121. The molecule has 0 saturated heterocycles. The fourth-order valence-electron chi connectivity index (χ4n) is 3.43. The van der Waals surface area contributed by atoms with Gasteiger partial charge < -0.3 is 20.8 Å². The fourth-order valence-corrected chi connectivity index (χ4v) is 3.43. The number of aromatic nitrogens is 1. The summed E-state index contributed by atoms with van der Waals surface area (Å²) in [5.41, 5.74) is 7.26. The van der Waals surface area contributed by atoms with Gasteiger partial charge in [0.25, 0.3) is 11.5 Å². The molecular weight excluding hydrogens is 346 g/mol. The number of benzene rings is 1. The average Bonchev–Trinajstić information content (AvgIpc) is 2.66. The van der Waals surface area contributed by atoms with Crippen LogP contribution in [-0.2, 0) is 17.6 Å². The molecule has 0 bridgehead atoms. The number of nitrogens with two attached hydrogens (primary N) is 1. The van der Waals surface area contributed by atoms with Crippen molar-refractivity contribution in [1.29, 1.82) is 0 Å². The zero-order valence-electron chi connectivity index (χ0n) is 15.2. The topological polar surface area (TPSA) is 114 Å². The second kappa shape index (κ2) is 8.07. The maximum Gasteiger partial charge on any atom is 0.261 e. The van der Waals surface area contributed by atoms with Gasteiger partial charge in [0.2, 0.25) is 5.91 Å². The first-order valence-electron chi connectivity index (χ1n) is 8.96. The molecule has 1 aliphatic rings. The Morgan fingerprint density at radius 1 is 1.33 bits per heavy atom. The summed E-state index contributed by atoms with van der Waals surface area (Å²) in [5.74, 6) is -0.0905. The predicted molar refractivity (Wildman–Crippen MR) is 101 cm³/mol. The quantitative estimate of drug-likeness (QED) is 0.717. The van der Waals surface area contributed by atoms with Crippen molar-refractivity contribution >= 4 is 11.8 Å². The molecule has 2 amide bonds. The second-order valence-corrected chi connectivity index (χ2v) is 6.67. The molecule has 1 heterocycles. The van der Waals surface area contributed by atoms with E-state index in [-0.39, 0.29) is 17.5 Å². The van der Waals surface area contributed by atoms with E-state index in [1.165, 1.54) is 6.07 Å². The van der Waals surface area contributed by atoms with Crippen LogP contribution in [-0.4, -0.2) is 23.9 Å². The number of hydrogen-bond acceptors (Lipinski definition) is 4. The summed E-state index contributed by atoms with van der Waals surface area (Å²) in [5, 5.41) is 3.02. The first-order valence-corrected chi connectivity index (χ1v) is 8.96. The third kappa shape index (κ3) is 4.36. The van der Waals surface area contributed by atoms with Gasteiger partial charge in [0, 0.05) is 12.1 Å². The fraction of sp³-hybridized carbons (Fsp3) is 0.350. The predicted octanol–water partition coefficient (Wildman–Crippen LogP) is 1.61. The molecule has 2 aromatic rings. The molecule has 1 aromatic heterocycles. The normalized spacial score (nSPS) is 15.7. The summed E-state index contributed by atoms with van der Waals surface area (Å²) >= 11 is 0. The smallest absolute Gasteiger partial charge is 0.261 e. The van der Waals surface area contributed by atoms with Crippen LogP contribution in [0.2, 0.25) is 0 Å². The van der Waals surface area contributed by atoms with E-state index < -0.39 is 11.5 Å². The Labute approximate surface area is 156 Å². The summed E-state index contributed by atoms with van der Waals surface area (Å²) in [6.45, 7) is 0. The van der Waals surface area contributed by atoms with Crippen molar-refractivity contribution < 1.29 is 14.3 Å². The molecule has 1 aliphatic carbocycles. The lowest BCUT2D eigenvalue weighted by Crippen LogP contribution is -2.34. The van der Waals surface area contributed by atoms with Gasteiger partial charge in [-0.1, -0.05) is 12.1 Å². The number of fused-ring (bicyclic) bond motifs is 1. The molecule has 27 heavy (non-hydrogen) atoms. The monoisotopic (exact) mass is 369 g/mol. The molecule has 7 heteroatoms. The van der Waals surface area contributed by atoms with Crippen molar-refractivity contribution in [2.75, 3.05) is 7.11 Å². The summed E-state index contributed by atoms with van der Waals surface area (Å²) in [6, 6.07) is 8.90. The molecule has 1 unspecified atom stereocenters. The van der Waals surface area contributed by atoms with Gasteiger partial charge >= 0.3 is 0 Å².